The van der Waals surface area contributed by atoms with E-state index < -0.39 is 5.60 Å². The second-order valence-corrected chi connectivity index (χ2v) is 7.53. The standard InChI is InChI=1S/C19H30N2O2/c1-15-7-9-16(10-8-15)19(12-13-20)11-5-6-14-21(19)17(22)23-18(2,3)4/h7-10H,5-6,11-14,20H2,1-4H3. The second kappa shape index (κ2) is 6.91. The zero-order valence-corrected chi connectivity index (χ0v) is 14.9. The van der Waals surface area contributed by atoms with E-state index in [9.17, 15) is 4.79 Å². The summed E-state index contributed by atoms with van der Waals surface area (Å²) in [6.45, 7) is 9.07. The SMILES string of the molecule is Cc1ccc(C2(CCN)CCCCN2C(=O)OC(C)(C)C)cc1. The fourth-order valence-corrected chi connectivity index (χ4v) is 3.43. The minimum Gasteiger partial charge on any atom is -0.444 e. The molecule has 1 atom stereocenters. The number of nitrogens with two attached hydrogens (primary N) is 1. The van der Waals surface area contributed by atoms with Gasteiger partial charge in [-0.2, -0.15) is 0 Å². The first-order valence-corrected chi connectivity index (χ1v) is 8.56. The minimum atomic E-state index is -0.490. The number of carbonyl (C=O) groups excluding carboxylic acids is 1. The van der Waals surface area contributed by atoms with Gasteiger partial charge in [-0.25, -0.2) is 4.79 Å². The molecule has 0 bridgehead atoms. The van der Waals surface area contributed by atoms with Crippen molar-refractivity contribution in [2.45, 2.75) is 64.5 Å². The highest BCUT2D eigenvalue weighted by Crippen LogP contribution is 2.41. The molecule has 1 saturated heterocycles. The molecular weight excluding hydrogens is 288 g/mol. The Labute approximate surface area is 140 Å². The third-order valence-electron chi connectivity index (χ3n) is 4.50. The number of hydrogen-bond donors (Lipinski definition) is 1. The lowest BCUT2D eigenvalue weighted by Crippen LogP contribution is -2.54. The van der Waals surface area contributed by atoms with Crippen LogP contribution in [0.1, 0.15) is 57.6 Å². The van der Waals surface area contributed by atoms with Crippen molar-refractivity contribution in [1.29, 1.82) is 0 Å². The number of nitrogens with zero attached hydrogens (tertiary/aromatic N) is 1. The molecule has 1 aromatic rings. The molecule has 4 heteroatoms. The molecule has 23 heavy (non-hydrogen) atoms. The van der Waals surface area contributed by atoms with Gasteiger partial charge in [-0.3, -0.25) is 4.90 Å². The number of ether oxygens (including phenoxy) is 1. The molecule has 1 fully saturated rings. The average Bonchev–Trinajstić information content (AvgIpc) is 2.46. The van der Waals surface area contributed by atoms with Gasteiger partial charge in [0.25, 0.3) is 0 Å². The molecule has 0 saturated carbocycles. The molecule has 0 radical (unpaired) electrons. The van der Waals surface area contributed by atoms with Gasteiger partial charge < -0.3 is 10.5 Å². The Bertz CT molecular complexity index is 529. The van der Waals surface area contributed by atoms with E-state index in [1.807, 2.05) is 25.7 Å². The van der Waals surface area contributed by atoms with Crippen LogP contribution < -0.4 is 5.73 Å². The Hall–Kier alpha value is -1.55. The number of benzene rings is 1. The molecule has 0 spiro atoms. The summed E-state index contributed by atoms with van der Waals surface area (Å²) in [7, 11) is 0. The van der Waals surface area contributed by atoms with Crippen LogP contribution in [-0.4, -0.2) is 29.7 Å². The first-order valence-electron chi connectivity index (χ1n) is 8.56. The van der Waals surface area contributed by atoms with E-state index in [-0.39, 0.29) is 11.6 Å². The maximum absolute atomic E-state index is 12.8. The molecule has 2 rings (SSSR count). The van der Waals surface area contributed by atoms with E-state index in [1.54, 1.807) is 0 Å². The fraction of sp³-hybridized carbons (Fsp3) is 0.632. The van der Waals surface area contributed by atoms with Crippen LogP contribution in [0.3, 0.4) is 0 Å². The summed E-state index contributed by atoms with van der Waals surface area (Å²) in [5, 5.41) is 0. The largest absolute Gasteiger partial charge is 0.444 e. The Balaban J connectivity index is 2.40. The van der Waals surface area contributed by atoms with Gasteiger partial charge in [0, 0.05) is 6.54 Å². The van der Waals surface area contributed by atoms with Crippen LogP contribution >= 0.6 is 0 Å². The van der Waals surface area contributed by atoms with Gasteiger partial charge >= 0.3 is 6.09 Å². The predicted molar refractivity (Wildman–Crippen MR) is 93.3 cm³/mol. The maximum atomic E-state index is 12.8. The van der Waals surface area contributed by atoms with E-state index >= 15 is 0 Å². The normalized spacial score (nSPS) is 22.0. The van der Waals surface area contributed by atoms with E-state index in [1.165, 1.54) is 11.1 Å². The molecule has 1 heterocycles. The first-order chi connectivity index (χ1) is 10.8. The van der Waals surface area contributed by atoms with Crippen molar-refractivity contribution in [2.75, 3.05) is 13.1 Å². The van der Waals surface area contributed by atoms with Crippen molar-refractivity contribution in [3.63, 3.8) is 0 Å². The van der Waals surface area contributed by atoms with Crippen molar-refractivity contribution in [3.05, 3.63) is 35.4 Å². The highest BCUT2D eigenvalue weighted by molar-refractivity contribution is 5.70. The maximum Gasteiger partial charge on any atom is 0.411 e. The molecule has 0 aromatic heterocycles. The van der Waals surface area contributed by atoms with Crippen LogP contribution in [0.5, 0.6) is 0 Å². The van der Waals surface area contributed by atoms with Crippen LogP contribution in [0.2, 0.25) is 0 Å². The zero-order chi connectivity index (χ0) is 17.1. The summed E-state index contributed by atoms with van der Waals surface area (Å²) in [5.41, 5.74) is 7.47. The number of hydrogen-bond acceptors (Lipinski definition) is 3. The second-order valence-electron chi connectivity index (χ2n) is 7.53. The Morgan fingerprint density at radius 2 is 1.91 bits per heavy atom. The summed E-state index contributed by atoms with van der Waals surface area (Å²) < 4.78 is 5.67. The number of piperidine rings is 1. The highest BCUT2D eigenvalue weighted by Gasteiger charge is 2.43. The van der Waals surface area contributed by atoms with Crippen LogP contribution in [0, 0.1) is 6.92 Å². The third kappa shape index (κ3) is 4.05. The van der Waals surface area contributed by atoms with Gasteiger partial charge in [-0.1, -0.05) is 29.8 Å². The van der Waals surface area contributed by atoms with Gasteiger partial charge in [-0.15, -0.1) is 0 Å². The molecule has 128 valence electrons. The lowest BCUT2D eigenvalue weighted by molar-refractivity contribution is -0.0198. The average molecular weight is 318 g/mol. The predicted octanol–water partition coefficient (Wildman–Crippen LogP) is 3.96. The highest BCUT2D eigenvalue weighted by atomic mass is 16.6. The lowest BCUT2D eigenvalue weighted by atomic mass is 9.78. The number of amides is 1. The summed E-state index contributed by atoms with van der Waals surface area (Å²) in [6, 6.07) is 8.48. The lowest BCUT2D eigenvalue weighted by Gasteiger charge is -2.47. The monoisotopic (exact) mass is 318 g/mol. The van der Waals surface area contributed by atoms with Gasteiger partial charge in [0.1, 0.15) is 5.60 Å². The Morgan fingerprint density at radius 3 is 2.48 bits per heavy atom. The van der Waals surface area contributed by atoms with Gasteiger partial charge in [0.15, 0.2) is 0 Å². The van der Waals surface area contributed by atoms with E-state index in [2.05, 4.69) is 31.2 Å². The molecule has 1 aliphatic heterocycles. The van der Waals surface area contributed by atoms with Gasteiger partial charge in [0.2, 0.25) is 0 Å². The van der Waals surface area contributed by atoms with Crippen molar-refractivity contribution in [2.24, 2.45) is 5.73 Å². The molecule has 2 N–H and O–H groups in total. The van der Waals surface area contributed by atoms with Crippen LogP contribution in [0.15, 0.2) is 24.3 Å². The van der Waals surface area contributed by atoms with Crippen molar-refractivity contribution < 1.29 is 9.53 Å². The first kappa shape index (κ1) is 17.8. The van der Waals surface area contributed by atoms with E-state index in [4.69, 9.17) is 10.5 Å². The van der Waals surface area contributed by atoms with Crippen LogP contribution in [0.4, 0.5) is 4.79 Å². The van der Waals surface area contributed by atoms with Gasteiger partial charge in [0.05, 0.1) is 5.54 Å². The Kier molecular flexibility index (Phi) is 5.35. The minimum absolute atomic E-state index is 0.230. The van der Waals surface area contributed by atoms with Crippen molar-refractivity contribution in [1.82, 2.24) is 4.90 Å². The number of likely N-dealkylation sites (tertiary alicyclic amines) is 1. The molecular formula is C19H30N2O2. The summed E-state index contributed by atoms with van der Waals surface area (Å²) in [4.78, 5) is 14.7. The third-order valence-corrected chi connectivity index (χ3v) is 4.50. The quantitative estimate of drug-likeness (QED) is 0.917. The topological polar surface area (TPSA) is 55.6 Å². The van der Waals surface area contributed by atoms with Gasteiger partial charge in [-0.05, 0) is 65.5 Å². The number of aryl methyl sites for hydroxylation is 1. The van der Waals surface area contributed by atoms with Crippen molar-refractivity contribution in [3.8, 4) is 0 Å². The molecule has 1 aliphatic rings. The summed E-state index contributed by atoms with van der Waals surface area (Å²) in [5.74, 6) is 0. The van der Waals surface area contributed by atoms with Crippen LogP contribution in [-0.2, 0) is 10.3 Å². The molecule has 4 nitrogen and oxygen atoms in total. The number of rotatable bonds is 3. The zero-order valence-electron chi connectivity index (χ0n) is 14.9. The smallest absolute Gasteiger partial charge is 0.411 e. The van der Waals surface area contributed by atoms with E-state index in [0.29, 0.717) is 6.54 Å². The molecule has 0 aliphatic carbocycles. The summed E-state index contributed by atoms with van der Waals surface area (Å²) in [6.07, 6.45) is 3.58. The molecule has 1 unspecified atom stereocenters. The number of carbonyl (C=O) groups is 1. The molecule has 1 aromatic carbocycles. The van der Waals surface area contributed by atoms with Crippen molar-refractivity contribution >= 4 is 6.09 Å². The van der Waals surface area contributed by atoms with E-state index in [0.717, 1.165) is 32.2 Å². The Morgan fingerprint density at radius 1 is 1.26 bits per heavy atom. The fourth-order valence-electron chi connectivity index (χ4n) is 3.43. The molecule has 1 amide bonds. The van der Waals surface area contributed by atoms with Crippen LogP contribution in [0.25, 0.3) is 0 Å². The summed E-state index contributed by atoms with van der Waals surface area (Å²) >= 11 is 0.